The molecule has 0 aromatic rings. The third-order valence-electron chi connectivity index (χ3n) is 2.61. The molecule has 0 saturated heterocycles. The first-order chi connectivity index (χ1) is 6.38. The topological polar surface area (TPSA) is 35.2 Å². The summed E-state index contributed by atoms with van der Waals surface area (Å²) >= 11 is 0. The van der Waals surface area contributed by atoms with E-state index in [1.807, 2.05) is 0 Å². The van der Waals surface area contributed by atoms with Gasteiger partial charge in [0.25, 0.3) is 0 Å². The maximum absolute atomic E-state index is 5.83. The minimum Gasteiger partial charge on any atom is -0.420 e. The third-order valence-corrected chi connectivity index (χ3v) is 3.47. The van der Waals surface area contributed by atoms with Crippen molar-refractivity contribution in [3.63, 3.8) is 0 Å². The molecule has 0 radical (unpaired) electrons. The summed E-state index contributed by atoms with van der Waals surface area (Å²) in [7, 11) is -0.864. The molecule has 0 bridgehead atoms. The Morgan fingerprint density at radius 2 is 1.86 bits per heavy atom. The fourth-order valence-electron chi connectivity index (χ4n) is 1.44. The van der Waals surface area contributed by atoms with E-state index in [1.165, 1.54) is 6.42 Å². The van der Waals surface area contributed by atoms with E-state index in [0.29, 0.717) is 11.3 Å². The van der Waals surface area contributed by atoms with Crippen molar-refractivity contribution in [3.8, 4) is 0 Å². The van der Waals surface area contributed by atoms with E-state index < -0.39 is 9.04 Å². The van der Waals surface area contributed by atoms with Crippen molar-refractivity contribution in [2.75, 3.05) is 13.2 Å². The van der Waals surface area contributed by atoms with E-state index in [9.17, 15) is 0 Å². The minimum absolute atomic E-state index is 0.346. The highest BCUT2D eigenvalue weighted by Crippen LogP contribution is 2.29. The van der Waals surface area contributed by atoms with Crippen LogP contribution in [0.25, 0.3) is 0 Å². The van der Waals surface area contributed by atoms with Gasteiger partial charge in [-0.3, -0.25) is 0 Å². The quantitative estimate of drug-likeness (QED) is 0.693. The van der Waals surface area contributed by atoms with Crippen LogP contribution in [0.2, 0.25) is 13.1 Å². The number of nitrogens with two attached hydrogens (primary N) is 1. The van der Waals surface area contributed by atoms with Crippen LogP contribution in [-0.4, -0.2) is 22.2 Å². The molecule has 86 valence electrons. The molecular formula is C11H27NOSi. The highest BCUT2D eigenvalue weighted by atomic mass is 28.3. The fraction of sp³-hybridized carbons (Fsp3) is 1.00. The Morgan fingerprint density at radius 3 is 2.21 bits per heavy atom. The molecule has 14 heavy (non-hydrogen) atoms. The van der Waals surface area contributed by atoms with Crippen molar-refractivity contribution in [2.24, 2.45) is 17.1 Å². The first kappa shape index (κ1) is 14.1. The van der Waals surface area contributed by atoms with Crippen molar-refractivity contribution < 1.29 is 4.43 Å². The first-order valence-corrected chi connectivity index (χ1v) is 8.47. The zero-order chi connectivity index (χ0) is 11.2. The second-order valence-corrected chi connectivity index (χ2v) is 7.81. The third kappa shape index (κ3) is 6.57. The molecule has 3 heteroatoms. The molecular weight excluding hydrogens is 190 g/mol. The molecule has 0 amide bonds. The van der Waals surface area contributed by atoms with Crippen LogP contribution in [0.15, 0.2) is 0 Å². The van der Waals surface area contributed by atoms with Crippen LogP contribution in [0.4, 0.5) is 0 Å². The Bertz CT molecular complexity index is 143. The molecule has 0 rings (SSSR count). The Labute approximate surface area is 90.9 Å². The van der Waals surface area contributed by atoms with Gasteiger partial charge >= 0.3 is 0 Å². The fourth-order valence-corrected chi connectivity index (χ4v) is 2.06. The van der Waals surface area contributed by atoms with Crippen LogP contribution in [0.5, 0.6) is 0 Å². The molecule has 0 fully saturated rings. The van der Waals surface area contributed by atoms with E-state index in [-0.39, 0.29) is 0 Å². The molecule has 0 aliphatic heterocycles. The first-order valence-electron chi connectivity index (χ1n) is 5.69. The smallest absolute Gasteiger partial charge is 0.170 e. The molecule has 0 heterocycles. The Morgan fingerprint density at radius 1 is 1.29 bits per heavy atom. The molecule has 1 atom stereocenters. The summed E-state index contributed by atoms with van der Waals surface area (Å²) in [6.07, 6.45) is 2.31. The van der Waals surface area contributed by atoms with Gasteiger partial charge in [0.1, 0.15) is 0 Å². The zero-order valence-electron chi connectivity index (χ0n) is 10.5. The van der Waals surface area contributed by atoms with E-state index in [1.54, 1.807) is 0 Å². The van der Waals surface area contributed by atoms with Gasteiger partial charge in [0, 0.05) is 6.61 Å². The van der Waals surface area contributed by atoms with Crippen molar-refractivity contribution in [3.05, 3.63) is 0 Å². The highest BCUT2D eigenvalue weighted by Gasteiger charge is 2.24. The van der Waals surface area contributed by atoms with Gasteiger partial charge in [-0.2, -0.15) is 0 Å². The Kier molecular flexibility index (Phi) is 6.65. The van der Waals surface area contributed by atoms with Gasteiger partial charge < -0.3 is 10.2 Å². The molecule has 2 N–H and O–H groups in total. The molecule has 0 saturated carbocycles. The van der Waals surface area contributed by atoms with E-state index in [0.717, 1.165) is 19.6 Å². The number of rotatable bonds is 6. The van der Waals surface area contributed by atoms with Crippen LogP contribution < -0.4 is 5.73 Å². The number of hydrogen-bond acceptors (Lipinski definition) is 2. The lowest BCUT2D eigenvalue weighted by Crippen LogP contribution is -2.28. The summed E-state index contributed by atoms with van der Waals surface area (Å²) in [5, 5.41) is 0. The van der Waals surface area contributed by atoms with Gasteiger partial charge in [-0.05, 0) is 43.8 Å². The zero-order valence-corrected chi connectivity index (χ0v) is 11.6. The van der Waals surface area contributed by atoms with Crippen LogP contribution in [0.3, 0.4) is 0 Å². The summed E-state index contributed by atoms with van der Waals surface area (Å²) in [5.74, 6) is 0.654. The van der Waals surface area contributed by atoms with E-state index in [4.69, 9.17) is 10.2 Å². The molecule has 0 spiro atoms. The van der Waals surface area contributed by atoms with Crippen molar-refractivity contribution in [2.45, 2.75) is 46.7 Å². The van der Waals surface area contributed by atoms with Crippen LogP contribution in [0.1, 0.15) is 33.6 Å². The number of hydrogen-bond donors (Lipinski definition) is 1. The van der Waals surface area contributed by atoms with Crippen molar-refractivity contribution in [1.82, 2.24) is 0 Å². The van der Waals surface area contributed by atoms with Crippen molar-refractivity contribution in [1.29, 1.82) is 0 Å². The molecule has 2 nitrogen and oxygen atoms in total. The summed E-state index contributed by atoms with van der Waals surface area (Å²) in [4.78, 5) is 0. The molecule has 0 aromatic heterocycles. The van der Waals surface area contributed by atoms with Gasteiger partial charge in [-0.15, -0.1) is 0 Å². The molecule has 0 aliphatic carbocycles. The average Bonchev–Trinajstić information content (AvgIpc) is 2.01. The Hall–Kier alpha value is 0.137. The second-order valence-electron chi connectivity index (χ2n) is 5.38. The molecule has 0 aliphatic rings. The monoisotopic (exact) mass is 217 g/mol. The van der Waals surface area contributed by atoms with Gasteiger partial charge in [0.05, 0.1) is 0 Å². The predicted octanol–water partition coefficient (Wildman–Crippen LogP) is 2.39. The van der Waals surface area contributed by atoms with Crippen molar-refractivity contribution >= 4 is 9.04 Å². The lowest BCUT2D eigenvalue weighted by Gasteiger charge is -2.31. The van der Waals surface area contributed by atoms with Crippen LogP contribution in [0, 0.1) is 11.3 Å². The summed E-state index contributed by atoms with van der Waals surface area (Å²) < 4.78 is 5.83. The van der Waals surface area contributed by atoms with Gasteiger partial charge in [-0.25, -0.2) is 0 Å². The Balaban J connectivity index is 3.98. The van der Waals surface area contributed by atoms with Gasteiger partial charge in [0.2, 0.25) is 0 Å². The summed E-state index contributed by atoms with van der Waals surface area (Å²) in [5.41, 5.74) is 5.89. The predicted molar refractivity (Wildman–Crippen MR) is 66.1 cm³/mol. The van der Waals surface area contributed by atoms with E-state index in [2.05, 4.69) is 33.9 Å². The van der Waals surface area contributed by atoms with Gasteiger partial charge in [-0.1, -0.05) is 20.8 Å². The summed E-state index contributed by atoms with van der Waals surface area (Å²) in [6.45, 7) is 13.0. The standard InChI is InChI=1S/C11H27NOSi/c1-11(2,3)10(7-6-8-12)9-13-14(4)5/h10,14H,6-9,12H2,1-5H3/t10-/m0/s1. The second kappa shape index (κ2) is 6.59. The largest absolute Gasteiger partial charge is 0.420 e. The minimum atomic E-state index is -0.864. The van der Waals surface area contributed by atoms with E-state index >= 15 is 0 Å². The maximum atomic E-state index is 5.83. The van der Waals surface area contributed by atoms with Gasteiger partial charge in [0.15, 0.2) is 9.04 Å². The maximum Gasteiger partial charge on any atom is 0.170 e. The lowest BCUT2D eigenvalue weighted by atomic mass is 9.79. The normalized spacial score (nSPS) is 14.8. The SMILES string of the molecule is C[SiH](C)OC[C@H](CCCN)C(C)(C)C. The average molecular weight is 217 g/mol. The van der Waals surface area contributed by atoms with Crippen LogP contribution in [-0.2, 0) is 4.43 Å². The molecule has 0 unspecified atom stereocenters. The van der Waals surface area contributed by atoms with Crippen LogP contribution >= 0.6 is 0 Å². The lowest BCUT2D eigenvalue weighted by molar-refractivity contribution is 0.136. The summed E-state index contributed by atoms with van der Waals surface area (Å²) in [6, 6.07) is 0. The highest BCUT2D eigenvalue weighted by molar-refractivity contribution is 6.48. The molecule has 0 aromatic carbocycles.